The smallest absolute Gasteiger partial charge is 0.201 e. The van der Waals surface area contributed by atoms with Crippen molar-refractivity contribution in [2.45, 2.75) is 13.3 Å². The summed E-state index contributed by atoms with van der Waals surface area (Å²) in [5, 5.41) is 9.14. The molecule has 1 unspecified atom stereocenters. The zero-order chi connectivity index (χ0) is 14.7. The molecule has 0 radical (unpaired) electrons. The molecule has 1 heterocycles. The number of benzene rings is 2. The van der Waals surface area contributed by atoms with E-state index in [2.05, 4.69) is 48.3 Å². The van der Waals surface area contributed by atoms with Crippen LogP contribution < -0.4 is 4.48 Å². The molecule has 2 aromatic carbocycles. The number of aliphatic imine (C=N–C) groups is 1. The van der Waals surface area contributed by atoms with Crippen LogP contribution in [0.25, 0.3) is 0 Å². The first-order valence-corrected chi connectivity index (χ1v) is 6.91. The highest BCUT2D eigenvalue weighted by Crippen LogP contribution is 2.39. The van der Waals surface area contributed by atoms with Crippen molar-refractivity contribution in [1.82, 2.24) is 4.48 Å². The molecule has 0 N–H and O–H groups in total. The SMILES string of the molecule is Cc1cccc([N+]2(c3ccccc3)C=CN=C2CC#N)c1. The van der Waals surface area contributed by atoms with E-state index in [1.165, 1.54) is 5.56 Å². The molecule has 102 valence electrons. The van der Waals surface area contributed by atoms with E-state index in [9.17, 15) is 0 Å². The Balaban J connectivity index is 2.24. The summed E-state index contributed by atoms with van der Waals surface area (Å²) in [7, 11) is 0. The Kier molecular flexibility index (Phi) is 3.39. The topological polar surface area (TPSA) is 36.1 Å². The van der Waals surface area contributed by atoms with Crippen LogP contribution in [-0.4, -0.2) is 5.84 Å². The molecule has 0 spiro atoms. The molecule has 3 nitrogen and oxygen atoms in total. The van der Waals surface area contributed by atoms with E-state index in [1.807, 2.05) is 30.5 Å². The number of nitriles is 1. The van der Waals surface area contributed by atoms with Gasteiger partial charge < -0.3 is 0 Å². The van der Waals surface area contributed by atoms with E-state index in [0.29, 0.717) is 10.9 Å². The van der Waals surface area contributed by atoms with Crippen molar-refractivity contribution in [2.75, 3.05) is 0 Å². The van der Waals surface area contributed by atoms with E-state index >= 15 is 0 Å². The van der Waals surface area contributed by atoms with Gasteiger partial charge in [-0.15, -0.1) is 0 Å². The van der Waals surface area contributed by atoms with Gasteiger partial charge in [-0.2, -0.15) is 9.74 Å². The van der Waals surface area contributed by atoms with Gasteiger partial charge in [0.05, 0.1) is 12.3 Å². The van der Waals surface area contributed by atoms with Crippen LogP contribution in [0.3, 0.4) is 0 Å². The lowest BCUT2D eigenvalue weighted by Crippen LogP contribution is -2.42. The van der Waals surface area contributed by atoms with Crippen molar-refractivity contribution in [3.05, 3.63) is 72.6 Å². The molecule has 2 aromatic rings. The molecule has 0 amide bonds. The molecule has 0 saturated heterocycles. The standard InChI is InChI=1S/C18H16N3/c1-15-6-5-9-17(14-15)21(16-7-3-2-4-8-16)13-12-20-18(21)10-11-19/h2-9,12-14H,10H2,1H3/q+1. The van der Waals surface area contributed by atoms with Gasteiger partial charge in [0.2, 0.25) is 5.84 Å². The van der Waals surface area contributed by atoms with Gasteiger partial charge in [0.25, 0.3) is 0 Å². The van der Waals surface area contributed by atoms with E-state index in [-0.39, 0.29) is 0 Å². The van der Waals surface area contributed by atoms with Gasteiger partial charge in [0.1, 0.15) is 24.0 Å². The molecule has 1 aliphatic rings. The Bertz CT molecular complexity index is 754. The molecule has 0 saturated carbocycles. The van der Waals surface area contributed by atoms with Crippen molar-refractivity contribution in [3.8, 4) is 6.07 Å². The maximum atomic E-state index is 9.14. The van der Waals surface area contributed by atoms with Crippen LogP contribution in [0.4, 0.5) is 11.4 Å². The van der Waals surface area contributed by atoms with Crippen LogP contribution in [-0.2, 0) is 0 Å². The summed E-state index contributed by atoms with van der Waals surface area (Å²) in [6.07, 6.45) is 4.13. The van der Waals surface area contributed by atoms with Gasteiger partial charge in [-0.3, -0.25) is 0 Å². The molecule has 0 aromatic heterocycles. The second kappa shape index (κ2) is 5.35. The summed E-state index contributed by atoms with van der Waals surface area (Å²) in [5.74, 6) is 0.828. The van der Waals surface area contributed by atoms with Gasteiger partial charge in [-0.05, 0) is 12.5 Å². The highest BCUT2D eigenvalue weighted by atomic mass is 15.4. The van der Waals surface area contributed by atoms with Crippen LogP contribution in [0.5, 0.6) is 0 Å². The number of amidine groups is 1. The molecule has 3 heteroatoms. The molecule has 1 aliphatic heterocycles. The predicted molar refractivity (Wildman–Crippen MR) is 85.9 cm³/mol. The van der Waals surface area contributed by atoms with Gasteiger partial charge >= 0.3 is 0 Å². The zero-order valence-corrected chi connectivity index (χ0v) is 11.9. The van der Waals surface area contributed by atoms with E-state index in [1.54, 1.807) is 6.20 Å². The maximum Gasteiger partial charge on any atom is 0.232 e. The Morgan fingerprint density at radius 1 is 1.05 bits per heavy atom. The average molecular weight is 274 g/mol. The van der Waals surface area contributed by atoms with Gasteiger partial charge in [-0.25, -0.2) is 4.99 Å². The Morgan fingerprint density at radius 3 is 2.52 bits per heavy atom. The van der Waals surface area contributed by atoms with E-state index < -0.39 is 0 Å². The summed E-state index contributed by atoms with van der Waals surface area (Å²) >= 11 is 0. The molecule has 0 bridgehead atoms. The molecule has 21 heavy (non-hydrogen) atoms. The van der Waals surface area contributed by atoms with Gasteiger partial charge in [0.15, 0.2) is 0 Å². The number of para-hydroxylation sites is 1. The minimum atomic E-state index is 0.301. The van der Waals surface area contributed by atoms with Crippen LogP contribution in [0.2, 0.25) is 0 Å². The lowest BCUT2D eigenvalue weighted by molar-refractivity contribution is 0.734. The average Bonchev–Trinajstić information content (AvgIpc) is 2.93. The normalized spacial score (nSPS) is 20.1. The Morgan fingerprint density at radius 2 is 1.81 bits per heavy atom. The van der Waals surface area contributed by atoms with Crippen LogP contribution in [0.15, 0.2) is 72.0 Å². The van der Waals surface area contributed by atoms with Gasteiger partial charge in [0, 0.05) is 24.3 Å². The minimum Gasteiger partial charge on any atom is -0.201 e. The molecular weight excluding hydrogens is 258 g/mol. The summed E-state index contributed by atoms with van der Waals surface area (Å²) < 4.78 is 0.399. The fourth-order valence-corrected chi connectivity index (χ4v) is 2.77. The molecular formula is C18H16N3+. The number of quaternary nitrogens is 1. The van der Waals surface area contributed by atoms with Crippen molar-refractivity contribution < 1.29 is 0 Å². The van der Waals surface area contributed by atoms with E-state index in [4.69, 9.17) is 5.26 Å². The number of nitrogens with zero attached hydrogens (tertiary/aromatic N) is 3. The summed E-state index contributed by atoms with van der Waals surface area (Å²) in [4.78, 5) is 4.45. The van der Waals surface area contributed by atoms with Gasteiger partial charge in [-0.1, -0.05) is 30.3 Å². The number of hydrogen-bond acceptors (Lipinski definition) is 2. The Hall–Kier alpha value is -2.70. The van der Waals surface area contributed by atoms with Crippen LogP contribution in [0.1, 0.15) is 12.0 Å². The summed E-state index contributed by atoms with van der Waals surface area (Å²) in [5.41, 5.74) is 3.38. The fourth-order valence-electron chi connectivity index (χ4n) is 2.77. The van der Waals surface area contributed by atoms with E-state index in [0.717, 1.165) is 17.2 Å². The first-order chi connectivity index (χ1) is 10.3. The molecule has 0 fully saturated rings. The third-order valence-electron chi connectivity index (χ3n) is 3.73. The summed E-state index contributed by atoms with van der Waals surface area (Å²) in [6.45, 7) is 2.08. The second-order valence-electron chi connectivity index (χ2n) is 5.08. The van der Waals surface area contributed by atoms with Crippen LogP contribution >= 0.6 is 0 Å². The van der Waals surface area contributed by atoms with Crippen LogP contribution in [0, 0.1) is 18.3 Å². The highest BCUT2D eigenvalue weighted by molar-refractivity contribution is 6.03. The first-order valence-electron chi connectivity index (χ1n) is 6.91. The maximum absolute atomic E-state index is 9.14. The van der Waals surface area contributed by atoms with Crippen molar-refractivity contribution in [2.24, 2.45) is 4.99 Å². The largest absolute Gasteiger partial charge is 0.232 e. The van der Waals surface area contributed by atoms with Crippen molar-refractivity contribution in [3.63, 3.8) is 0 Å². The zero-order valence-electron chi connectivity index (χ0n) is 11.9. The number of rotatable bonds is 3. The van der Waals surface area contributed by atoms with Crippen molar-refractivity contribution in [1.29, 1.82) is 5.26 Å². The third-order valence-corrected chi connectivity index (χ3v) is 3.73. The molecule has 3 rings (SSSR count). The minimum absolute atomic E-state index is 0.301. The monoisotopic (exact) mass is 274 g/mol. The van der Waals surface area contributed by atoms with Crippen molar-refractivity contribution >= 4 is 17.2 Å². The second-order valence-corrected chi connectivity index (χ2v) is 5.08. The number of hydrogen-bond donors (Lipinski definition) is 0. The number of aryl methyl sites for hydroxylation is 1. The quantitative estimate of drug-likeness (QED) is 0.763. The predicted octanol–water partition coefficient (Wildman–Crippen LogP) is 4.43. The summed E-state index contributed by atoms with van der Waals surface area (Å²) in [6, 6.07) is 20.8. The molecule has 0 aliphatic carbocycles. The molecule has 1 atom stereocenters. The fraction of sp³-hybridized carbons (Fsp3) is 0.111. The Labute approximate surface area is 124 Å². The lowest BCUT2D eigenvalue weighted by atomic mass is 10.1. The third kappa shape index (κ3) is 2.16. The highest BCUT2D eigenvalue weighted by Gasteiger charge is 2.40. The lowest BCUT2D eigenvalue weighted by Gasteiger charge is -2.31. The first kappa shape index (κ1) is 13.3.